The minimum Gasteiger partial charge on any atom is -0.508 e. The Balaban J connectivity index is 2.71. The van der Waals surface area contributed by atoms with Crippen molar-refractivity contribution in [3.05, 3.63) is 28.8 Å². The number of aromatic hydroxyl groups is 1. The summed E-state index contributed by atoms with van der Waals surface area (Å²) in [5.74, 6) is -0.176. The summed E-state index contributed by atoms with van der Waals surface area (Å²) in [6, 6.07) is 4.33. The van der Waals surface area contributed by atoms with E-state index in [4.69, 9.17) is 16.3 Å². The van der Waals surface area contributed by atoms with Gasteiger partial charge in [-0.1, -0.05) is 11.6 Å². The summed E-state index contributed by atoms with van der Waals surface area (Å²) >= 11 is 5.91. The minimum atomic E-state index is -0.206. The summed E-state index contributed by atoms with van der Waals surface area (Å²) in [6.07, 6.45) is 0.759. The highest BCUT2D eigenvalue weighted by molar-refractivity contribution is 6.33. The average molecular weight is 258 g/mol. The number of rotatable bonds is 5. The highest BCUT2D eigenvalue weighted by atomic mass is 35.5. The van der Waals surface area contributed by atoms with Crippen LogP contribution in [0.3, 0.4) is 0 Å². The lowest BCUT2D eigenvalue weighted by molar-refractivity contribution is 0.0779. The molecule has 17 heavy (non-hydrogen) atoms. The molecule has 94 valence electrons. The Hall–Kier alpha value is -1.26. The first-order chi connectivity index (χ1) is 8.06. The summed E-state index contributed by atoms with van der Waals surface area (Å²) in [6.45, 7) is 1.18. The van der Waals surface area contributed by atoms with Crippen LogP contribution < -0.4 is 0 Å². The summed E-state index contributed by atoms with van der Waals surface area (Å²) < 4.78 is 4.92. The topological polar surface area (TPSA) is 49.8 Å². The maximum Gasteiger partial charge on any atom is 0.255 e. The van der Waals surface area contributed by atoms with E-state index in [1.165, 1.54) is 18.2 Å². The number of hydrogen-bond donors (Lipinski definition) is 1. The molecule has 0 aliphatic carbocycles. The minimum absolute atomic E-state index is 0.0306. The number of amides is 1. The first-order valence-electron chi connectivity index (χ1n) is 5.29. The molecule has 5 heteroatoms. The lowest BCUT2D eigenvalue weighted by Crippen LogP contribution is -2.28. The third-order valence-electron chi connectivity index (χ3n) is 2.37. The van der Waals surface area contributed by atoms with E-state index in [-0.39, 0.29) is 11.7 Å². The molecule has 0 aliphatic heterocycles. The Morgan fingerprint density at radius 3 is 2.88 bits per heavy atom. The second kappa shape index (κ2) is 6.47. The largest absolute Gasteiger partial charge is 0.508 e. The Bertz CT molecular complexity index is 395. The van der Waals surface area contributed by atoms with Crippen LogP contribution in [0.2, 0.25) is 5.02 Å². The van der Waals surface area contributed by atoms with Gasteiger partial charge in [0, 0.05) is 27.3 Å². The van der Waals surface area contributed by atoms with Gasteiger partial charge in [-0.2, -0.15) is 0 Å². The lowest BCUT2D eigenvalue weighted by Gasteiger charge is -2.17. The summed E-state index contributed by atoms with van der Waals surface area (Å²) in [4.78, 5) is 13.6. The van der Waals surface area contributed by atoms with Gasteiger partial charge < -0.3 is 14.7 Å². The zero-order valence-corrected chi connectivity index (χ0v) is 10.7. The predicted octanol–water partition coefficient (Wildman–Crippen LogP) is 2.15. The molecular weight excluding hydrogens is 242 g/mol. The average Bonchev–Trinajstić information content (AvgIpc) is 2.31. The van der Waals surface area contributed by atoms with Crippen LogP contribution >= 0.6 is 11.6 Å². The van der Waals surface area contributed by atoms with Gasteiger partial charge in [0.05, 0.1) is 10.6 Å². The molecule has 0 aromatic heterocycles. The molecule has 1 aromatic rings. The van der Waals surface area contributed by atoms with Crippen LogP contribution in [0.1, 0.15) is 16.8 Å². The van der Waals surface area contributed by atoms with Gasteiger partial charge in [0.1, 0.15) is 5.75 Å². The predicted molar refractivity (Wildman–Crippen MR) is 66.6 cm³/mol. The van der Waals surface area contributed by atoms with Gasteiger partial charge in [-0.15, -0.1) is 0 Å². The number of halogens is 1. The summed E-state index contributed by atoms with van der Waals surface area (Å²) in [5.41, 5.74) is 0.312. The van der Waals surface area contributed by atoms with Crippen molar-refractivity contribution in [2.75, 3.05) is 27.3 Å². The molecule has 0 atom stereocenters. The maximum absolute atomic E-state index is 12.0. The lowest BCUT2D eigenvalue weighted by atomic mass is 10.2. The van der Waals surface area contributed by atoms with Crippen LogP contribution in [-0.4, -0.2) is 43.2 Å². The molecule has 1 rings (SSSR count). The fourth-order valence-electron chi connectivity index (χ4n) is 1.43. The first kappa shape index (κ1) is 13.8. The van der Waals surface area contributed by atoms with Gasteiger partial charge in [-0.25, -0.2) is 0 Å². The number of hydrogen-bond acceptors (Lipinski definition) is 3. The standard InChI is InChI=1S/C12H16ClNO3/c1-14(6-3-7-17-2)12(16)10-8-9(15)4-5-11(10)13/h4-5,8,15H,3,6-7H2,1-2H3. The molecule has 1 amide bonds. The highest BCUT2D eigenvalue weighted by Crippen LogP contribution is 2.22. The number of carbonyl (C=O) groups is 1. The van der Waals surface area contributed by atoms with Gasteiger partial charge in [0.2, 0.25) is 0 Å². The third-order valence-corrected chi connectivity index (χ3v) is 2.70. The van der Waals surface area contributed by atoms with Gasteiger partial charge in [-0.05, 0) is 24.6 Å². The summed E-state index contributed by atoms with van der Waals surface area (Å²) in [7, 11) is 3.31. The van der Waals surface area contributed by atoms with E-state index in [1.54, 1.807) is 19.1 Å². The number of phenolic OH excluding ortho intramolecular Hbond substituents is 1. The zero-order valence-electron chi connectivity index (χ0n) is 9.94. The van der Waals surface area contributed by atoms with E-state index in [0.717, 1.165) is 6.42 Å². The Labute approximate surface area is 106 Å². The number of methoxy groups -OCH3 is 1. The van der Waals surface area contributed by atoms with E-state index < -0.39 is 0 Å². The second-order valence-electron chi connectivity index (χ2n) is 3.74. The van der Waals surface area contributed by atoms with Crippen molar-refractivity contribution >= 4 is 17.5 Å². The van der Waals surface area contributed by atoms with E-state index in [1.807, 2.05) is 0 Å². The smallest absolute Gasteiger partial charge is 0.255 e. The van der Waals surface area contributed by atoms with Crippen molar-refractivity contribution in [1.29, 1.82) is 0 Å². The second-order valence-corrected chi connectivity index (χ2v) is 4.14. The van der Waals surface area contributed by atoms with E-state index >= 15 is 0 Å². The fraction of sp³-hybridized carbons (Fsp3) is 0.417. The molecule has 1 aromatic carbocycles. The molecule has 0 saturated carbocycles. The zero-order chi connectivity index (χ0) is 12.8. The molecular formula is C12H16ClNO3. The molecule has 1 N–H and O–H groups in total. The SMILES string of the molecule is COCCCN(C)C(=O)c1cc(O)ccc1Cl. The van der Waals surface area contributed by atoms with Crippen molar-refractivity contribution in [3.8, 4) is 5.75 Å². The number of carbonyl (C=O) groups excluding carboxylic acids is 1. The van der Waals surface area contributed by atoms with Crippen molar-refractivity contribution in [3.63, 3.8) is 0 Å². The Morgan fingerprint density at radius 1 is 1.53 bits per heavy atom. The maximum atomic E-state index is 12.0. The Morgan fingerprint density at radius 2 is 2.24 bits per heavy atom. The van der Waals surface area contributed by atoms with Crippen molar-refractivity contribution in [2.24, 2.45) is 0 Å². The van der Waals surface area contributed by atoms with E-state index in [9.17, 15) is 9.90 Å². The number of nitrogens with zero attached hydrogens (tertiary/aromatic N) is 1. The van der Waals surface area contributed by atoms with Gasteiger partial charge in [-0.3, -0.25) is 4.79 Å². The van der Waals surface area contributed by atoms with Crippen LogP contribution in [0.25, 0.3) is 0 Å². The van der Waals surface area contributed by atoms with Crippen LogP contribution in [0.4, 0.5) is 0 Å². The van der Waals surface area contributed by atoms with Gasteiger partial charge >= 0.3 is 0 Å². The van der Waals surface area contributed by atoms with Gasteiger partial charge in [0.15, 0.2) is 0 Å². The molecule has 0 fully saturated rings. The van der Waals surface area contributed by atoms with Gasteiger partial charge in [0.25, 0.3) is 5.91 Å². The van der Waals surface area contributed by atoms with Crippen LogP contribution in [0, 0.1) is 0 Å². The fourth-order valence-corrected chi connectivity index (χ4v) is 1.63. The van der Waals surface area contributed by atoms with Crippen LogP contribution in [0.5, 0.6) is 5.75 Å². The molecule has 4 nitrogen and oxygen atoms in total. The quantitative estimate of drug-likeness (QED) is 0.823. The molecule has 0 spiro atoms. The van der Waals surface area contributed by atoms with Crippen LogP contribution in [-0.2, 0) is 4.74 Å². The number of ether oxygens (including phenoxy) is 1. The van der Waals surface area contributed by atoms with Crippen LogP contribution in [0.15, 0.2) is 18.2 Å². The molecule has 0 aliphatic rings. The monoisotopic (exact) mass is 257 g/mol. The molecule has 0 unspecified atom stereocenters. The highest BCUT2D eigenvalue weighted by Gasteiger charge is 2.15. The summed E-state index contributed by atoms with van der Waals surface area (Å²) in [5, 5.41) is 9.67. The molecule has 0 radical (unpaired) electrons. The number of phenols is 1. The third kappa shape index (κ3) is 3.91. The molecule has 0 heterocycles. The molecule has 0 saturated heterocycles. The normalized spacial score (nSPS) is 10.3. The van der Waals surface area contributed by atoms with Crippen molar-refractivity contribution < 1.29 is 14.6 Å². The van der Waals surface area contributed by atoms with E-state index in [2.05, 4.69) is 0 Å². The Kier molecular flexibility index (Phi) is 5.25. The van der Waals surface area contributed by atoms with Crippen molar-refractivity contribution in [1.82, 2.24) is 4.90 Å². The van der Waals surface area contributed by atoms with E-state index in [0.29, 0.717) is 23.7 Å². The molecule has 0 bridgehead atoms. The number of benzene rings is 1. The van der Waals surface area contributed by atoms with Crippen molar-refractivity contribution in [2.45, 2.75) is 6.42 Å². The first-order valence-corrected chi connectivity index (χ1v) is 5.67.